The molecule has 0 heterocycles. The Hall–Kier alpha value is -0.120. The first-order valence-electron chi connectivity index (χ1n) is 5.05. The molecule has 0 aliphatic heterocycles. The highest BCUT2D eigenvalue weighted by atomic mass is 16.3. The molecule has 0 saturated carbocycles. The molecular weight excluding hydrogens is 164 g/mol. The fraction of sp³-hybridized carbons (Fsp3) is 1.00. The zero-order valence-corrected chi connectivity index (χ0v) is 9.38. The Morgan fingerprint density at radius 2 is 1.92 bits per heavy atom. The fourth-order valence-electron chi connectivity index (χ4n) is 1.30. The summed E-state index contributed by atoms with van der Waals surface area (Å²) in [5.74, 6) is 0. The molecule has 0 amide bonds. The minimum absolute atomic E-state index is 0.117. The Labute approximate surface area is 81.9 Å². The van der Waals surface area contributed by atoms with Gasteiger partial charge < -0.3 is 10.8 Å². The van der Waals surface area contributed by atoms with Crippen LogP contribution in [0.1, 0.15) is 34.1 Å². The molecule has 0 rings (SSSR count). The van der Waals surface area contributed by atoms with Crippen molar-refractivity contribution in [3.8, 4) is 0 Å². The third kappa shape index (κ3) is 5.24. The summed E-state index contributed by atoms with van der Waals surface area (Å²) in [5.41, 5.74) is 5.50. The van der Waals surface area contributed by atoms with Crippen LogP contribution >= 0.6 is 0 Å². The lowest BCUT2D eigenvalue weighted by Crippen LogP contribution is -2.47. The van der Waals surface area contributed by atoms with Gasteiger partial charge in [-0.2, -0.15) is 0 Å². The van der Waals surface area contributed by atoms with Gasteiger partial charge in [0.25, 0.3) is 0 Å². The van der Waals surface area contributed by atoms with E-state index in [0.29, 0.717) is 13.1 Å². The van der Waals surface area contributed by atoms with Gasteiger partial charge in [-0.05, 0) is 33.7 Å². The van der Waals surface area contributed by atoms with Crippen LogP contribution in [0, 0.1) is 0 Å². The Bertz CT molecular complexity index is 131. The summed E-state index contributed by atoms with van der Waals surface area (Å²) in [4.78, 5) is 2.27. The van der Waals surface area contributed by atoms with Crippen molar-refractivity contribution in [2.45, 2.75) is 45.8 Å². The Morgan fingerprint density at radius 1 is 1.38 bits per heavy atom. The van der Waals surface area contributed by atoms with Crippen molar-refractivity contribution < 1.29 is 5.11 Å². The largest absolute Gasteiger partial charge is 0.390 e. The van der Waals surface area contributed by atoms with E-state index in [1.54, 1.807) is 0 Å². The monoisotopic (exact) mass is 188 g/mol. The van der Waals surface area contributed by atoms with E-state index in [9.17, 15) is 5.11 Å². The molecule has 0 aromatic carbocycles. The molecule has 0 radical (unpaired) electrons. The van der Waals surface area contributed by atoms with Gasteiger partial charge in [-0.1, -0.05) is 6.92 Å². The molecule has 3 N–H and O–H groups in total. The number of β-amino-alcohol motifs (C(OH)–C–C–N with tert-alkyl or cyclic N) is 1. The lowest BCUT2D eigenvalue weighted by Gasteiger charge is -2.36. The Kier molecular flexibility index (Phi) is 5.53. The summed E-state index contributed by atoms with van der Waals surface area (Å²) >= 11 is 0. The third-order valence-electron chi connectivity index (χ3n) is 2.15. The van der Waals surface area contributed by atoms with Gasteiger partial charge in [0.05, 0.1) is 6.10 Å². The highest BCUT2D eigenvalue weighted by molar-refractivity contribution is 4.78. The second-order valence-corrected chi connectivity index (χ2v) is 4.51. The van der Waals surface area contributed by atoms with Crippen LogP contribution in [0.5, 0.6) is 0 Å². The van der Waals surface area contributed by atoms with Gasteiger partial charge in [-0.15, -0.1) is 0 Å². The second kappa shape index (κ2) is 5.58. The van der Waals surface area contributed by atoms with Gasteiger partial charge in [-0.3, -0.25) is 4.90 Å². The van der Waals surface area contributed by atoms with Crippen molar-refractivity contribution in [3.63, 3.8) is 0 Å². The maximum absolute atomic E-state index is 9.45. The molecule has 0 aromatic rings. The highest BCUT2D eigenvalue weighted by Gasteiger charge is 2.22. The van der Waals surface area contributed by atoms with E-state index in [2.05, 4.69) is 32.6 Å². The zero-order chi connectivity index (χ0) is 10.5. The summed E-state index contributed by atoms with van der Waals surface area (Å²) in [6.07, 6.45) is 0.708. The van der Waals surface area contributed by atoms with Gasteiger partial charge in [0.1, 0.15) is 0 Å². The predicted octanol–water partition coefficient (Wildman–Crippen LogP) is 0.816. The van der Waals surface area contributed by atoms with Gasteiger partial charge in [0, 0.05) is 18.6 Å². The van der Waals surface area contributed by atoms with Crippen molar-refractivity contribution in [1.82, 2.24) is 4.90 Å². The van der Waals surface area contributed by atoms with Crippen LogP contribution in [0.25, 0.3) is 0 Å². The summed E-state index contributed by atoms with van der Waals surface area (Å²) in [5, 5.41) is 9.45. The minimum Gasteiger partial charge on any atom is -0.390 e. The van der Waals surface area contributed by atoms with E-state index < -0.39 is 6.10 Å². The quantitative estimate of drug-likeness (QED) is 0.671. The Morgan fingerprint density at radius 3 is 2.23 bits per heavy atom. The SMILES string of the molecule is CCCN(CC(O)CN)C(C)(C)C. The van der Waals surface area contributed by atoms with Crippen LogP contribution in [0.4, 0.5) is 0 Å². The zero-order valence-electron chi connectivity index (χ0n) is 9.38. The lowest BCUT2D eigenvalue weighted by atomic mass is 10.0. The van der Waals surface area contributed by atoms with Crippen LogP contribution in [-0.2, 0) is 0 Å². The van der Waals surface area contributed by atoms with Gasteiger partial charge in [-0.25, -0.2) is 0 Å². The van der Waals surface area contributed by atoms with Crippen LogP contribution in [0.2, 0.25) is 0 Å². The third-order valence-corrected chi connectivity index (χ3v) is 2.15. The topological polar surface area (TPSA) is 49.5 Å². The van der Waals surface area contributed by atoms with Crippen LogP contribution in [0.15, 0.2) is 0 Å². The highest BCUT2D eigenvalue weighted by Crippen LogP contribution is 2.13. The van der Waals surface area contributed by atoms with Crippen molar-refractivity contribution >= 4 is 0 Å². The van der Waals surface area contributed by atoms with E-state index >= 15 is 0 Å². The number of hydrogen-bond acceptors (Lipinski definition) is 3. The molecule has 0 fully saturated rings. The first-order valence-corrected chi connectivity index (χ1v) is 5.05. The number of hydrogen-bond donors (Lipinski definition) is 2. The smallest absolute Gasteiger partial charge is 0.0789 e. The molecule has 0 aliphatic carbocycles. The molecule has 1 atom stereocenters. The van der Waals surface area contributed by atoms with E-state index in [4.69, 9.17) is 5.73 Å². The predicted molar refractivity (Wildman–Crippen MR) is 56.7 cm³/mol. The van der Waals surface area contributed by atoms with E-state index in [0.717, 1.165) is 13.0 Å². The van der Waals surface area contributed by atoms with Gasteiger partial charge in [0.2, 0.25) is 0 Å². The molecule has 13 heavy (non-hydrogen) atoms. The van der Waals surface area contributed by atoms with Crippen molar-refractivity contribution in [1.29, 1.82) is 0 Å². The molecule has 3 heteroatoms. The molecule has 0 aromatic heterocycles. The van der Waals surface area contributed by atoms with Crippen LogP contribution < -0.4 is 5.73 Å². The number of nitrogens with two attached hydrogens (primary N) is 1. The first kappa shape index (κ1) is 12.9. The molecular formula is C10H24N2O. The van der Waals surface area contributed by atoms with Crippen molar-refractivity contribution in [3.05, 3.63) is 0 Å². The van der Waals surface area contributed by atoms with Gasteiger partial charge >= 0.3 is 0 Å². The Balaban J connectivity index is 4.10. The van der Waals surface area contributed by atoms with E-state index in [-0.39, 0.29) is 5.54 Å². The minimum atomic E-state index is -0.397. The van der Waals surface area contributed by atoms with Crippen molar-refractivity contribution in [2.75, 3.05) is 19.6 Å². The summed E-state index contributed by atoms with van der Waals surface area (Å²) in [6, 6.07) is 0. The lowest BCUT2D eigenvalue weighted by molar-refractivity contribution is 0.0628. The summed E-state index contributed by atoms with van der Waals surface area (Å²) in [6.45, 7) is 10.7. The maximum Gasteiger partial charge on any atom is 0.0789 e. The molecule has 1 unspecified atom stereocenters. The fourth-order valence-corrected chi connectivity index (χ4v) is 1.30. The van der Waals surface area contributed by atoms with Crippen molar-refractivity contribution in [2.24, 2.45) is 5.73 Å². The normalized spacial score (nSPS) is 15.0. The number of nitrogens with zero attached hydrogens (tertiary/aromatic N) is 1. The average molecular weight is 188 g/mol. The van der Waals surface area contributed by atoms with Crippen LogP contribution in [0.3, 0.4) is 0 Å². The molecule has 80 valence electrons. The van der Waals surface area contributed by atoms with Crippen LogP contribution in [-0.4, -0.2) is 41.3 Å². The molecule has 0 spiro atoms. The summed E-state index contributed by atoms with van der Waals surface area (Å²) in [7, 11) is 0. The van der Waals surface area contributed by atoms with E-state index in [1.807, 2.05) is 0 Å². The second-order valence-electron chi connectivity index (χ2n) is 4.51. The average Bonchev–Trinajstić information content (AvgIpc) is 2.01. The maximum atomic E-state index is 9.45. The standard InChI is InChI=1S/C10H24N2O/c1-5-6-12(10(2,3)4)8-9(13)7-11/h9,13H,5-8,11H2,1-4H3. The molecule has 0 bridgehead atoms. The number of rotatable bonds is 5. The summed E-state index contributed by atoms with van der Waals surface area (Å²) < 4.78 is 0. The molecule has 0 aliphatic rings. The number of aliphatic hydroxyl groups excluding tert-OH is 1. The van der Waals surface area contributed by atoms with E-state index in [1.165, 1.54) is 0 Å². The molecule has 3 nitrogen and oxygen atoms in total. The van der Waals surface area contributed by atoms with Gasteiger partial charge in [0.15, 0.2) is 0 Å². The molecule has 0 saturated heterocycles. The number of aliphatic hydroxyl groups is 1. The first-order chi connectivity index (χ1) is 5.91.